The second-order valence-corrected chi connectivity index (χ2v) is 9.12. The first-order chi connectivity index (χ1) is 16.6. The molecule has 4 rings (SSSR count). The fourth-order valence-corrected chi connectivity index (χ4v) is 4.50. The zero-order chi connectivity index (χ0) is 23.8. The van der Waals surface area contributed by atoms with E-state index >= 15 is 0 Å². The van der Waals surface area contributed by atoms with E-state index < -0.39 is 0 Å². The summed E-state index contributed by atoms with van der Waals surface area (Å²) in [7, 11) is 0. The molecule has 178 valence electrons. The normalized spacial score (nSPS) is 13.6. The molecule has 0 saturated carbocycles. The fraction of sp³-hybridized carbons (Fsp3) is 0.360. The lowest BCUT2D eigenvalue weighted by molar-refractivity contribution is -0.115. The van der Waals surface area contributed by atoms with E-state index in [2.05, 4.69) is 44.6 Å². The highest BCUT2D eigenvalue weighted by Crippen LogP contribution is 2.19. The first-order valence-electron chi connectivity index (χ1n) is 11.7. The molecule has 3 heterocycles. The van der Waals surface area contributed by atoms with Crippen LogP contribution < -0.4 is 15.5 Å². The fourth-order valence-electron chi connectivity index (χ4n) is 3.80. The number of rotatable bonds is 8. The van der Waals surface area contributed by atoms with Crippen molar-refractivity contribution < 1.29 is 9.59 Å². The number of carbonyl (C=O) groups is 2. The van der Waals surface area contributed by atoms with E-state index in [9.17, 15) is 9.59 Å². The van der Waals surface area contributed by atoms with Crippen molar-refractivity contribution in [2.24, 2.45) is 0 Å². The first kappa shape index (κ1) is 23.7. The third-order valence-corrected chi connectivity index (χ3v) is 6.51. The van der Waals surface area contributed by atoms with Crippen LogP contribution in [0.3, 0.4) is 0 Å². The number of anilines is 3. The summed E-state index contributed by atoms with van der Waals surface area (Å²) in [5.74, 6) is 0.799. The SMILES string of the molecule is CCCCc1ccc(NC(=O)Cc2csc(NC(=O)N3CCN(c4ccccn4)CC3)n2)cc1. The lowest BCUT2D eigenvalue weighted by atomic mass is 10.1. The third-order valence-electron chi connectivity index (χ3n) is 5.70. The Hall–Kier alpha value is -3.46. The average molecular weight is 479 g/mol. The molecule has 1 saturated heterocycles. The van der Waals surface area contributed by atoms with Crippen LogP contribution in [0.4, 0.5) is 21.4 Å². The standard InChI is InChI=1S/C25H30N6O2S/c1-2-3-6-19-8-10-20(11-9-19)27-23(32)17-21-18-34-24(28-21)29-25(33)31-15-13-30(14-16-31)22-7-4-5-12-26-22/h4-5,7-12,18H,2-3,6,13-17H2,1H3,(H,27,32)(H,28,29,33). The molecule has 3 aromatic rings. The number of aromatic nitrogens is 2. The molecule has 0 atom stereocenters. The van der Waals surface area contributed by atoms with E-state index in [1.807, 2.05) is 35.7 Å². The van der Waals surface area contributed by atoms with E-state index in [0.717, 1.165) is 43.9 Å². The summed E-state index contributed by atoms with van der Waals surface area (Å²) in [6.45, 7) is 4.86. The Morgan fingerprint density at radius 1 is 1.03 bits per heavy atom. The molecule has 1 aliphatic heterocycles. The highest BCUT2D eigenvalue weighted by atomic mass is 32.1. The first-order valence-corrected chi connectivity index (χ1v) is 12.5. The van der Waals surface area contributed by atoms with E-state index in [1.165, 1.54) is 16.9 Å². The van der Waals surface area contributed by atoms with Gasteiger partial charge in [-0.1, -0.05) is 31.5 Å². The van der Waals surface area contributed by atoms with Gasteiger partial charge in [0, 0.05) is 43.4 Å². The Kier molecular flexibility index (Phi) is 8.08. The van der Waals surface area contributed by atoms with Crippen LogP contribution in [0, 0.1) is 0 Å². The molecule has 2 aromatic heterocycles. The van der Waals surface area contributed by atoms with Crippen molar-refractivity contribution in [1.82, 2.24) is 14.9 Å². The molecular weight excluding hydrogens is 448 g/mol. The van der Waals surface area contributed by atoms with Gasteiger partial charge in [0.2, 0.25) is 5.91 Å². The summed E-state index contributed by atoms with van der Waals surface area (Å²) in [4.78, 5) is 37.8. The van der Waals surface area contributed by atoms with Crippen LogP contribution in [0.1, 0.15) is 31.0 Å². The zero-order valence-corrected chi connectivity index (χ0v) is 20.2. The number of carbonyl (C=O) groups excluding carboxylic acids is 2. The molecule has 0 bridgehead atoms. The third kappa shape index (κ3) is 6.54. The van der Waals surface area contributed by atoms with Crippen molar-refractivity contribution in [3.05, 3.63) is 65.3 Å². The van der Waals surface area contributed by atoms with Gasteiger partial charge in [0.1, 0.15) is 5.82 Å². The van der Waals surface area contributed by atoms with Crippen LogP contribution in [0.2, 0.25) is 0 Å². The lowest BCUT2D eigenvalue weighted by Crippen LogP contribution is -2.50. The Balaban J connectivity index is 1.22. The lowest BCUT2D eigenvalue weighted by Gasteiger charge is -2.35. The molecular formula is C25H30N6O2S. The summed E-state index contributed by atoms with van der Waals surface area (Å²) in [6.07, 6.45) is 5.32. The number of amides is 3. The number of aryl methyl sites for hydroxylation is 1. The maximum atomic E-state index is 12.6. The molecule has 8 nitrogen and oxygen atoms in total. The average Bonchev–Trinajstić information content (AvgIpc) is 3.30. The predicted octanol–water partition coefficient (Wildman–Crippen LogP) is 4.42. The zero-order valence-electron chi connectivity index (χ0n) is 19.4. The van der Waals surface area contributed by atoms with Crippen LogP contribution in [-0.4, -0.2) is 53.0 Å². The van der Waals surface area contributed by atoms with Crippen LogP contribution in [0.5, 0.6) is 0 Å². The minimum Gasteiger partial charge on any atom is -0.353 e. The van der Waals surface area contributed by atoms with Crippen molar-refractivity contribution in [3.63, 3.8) is 0 Å². The van der Waals surface area contributed by atoms with Crippen LogP contribution in [0.25, 0.3) is 0 Å². The van der Waals surface area contributed by atoms with Crippen molar-refractivity contribution in [2.75, 3.05) is 41.7 Å². The van der Waals surface area contributed by atoms with Crippen LogP contribution >= 0.6 is 11.3 Å². The van der Waals surface area contributed by atoms with Gasteiger partial charge in [0.25, 0.3) is 0 Å². The van der Waals surface area contributed by atoms with E-state index in [-0.39, 0.29) is 18.4 Å². The summed E-state index contributed by atoms with van der Waals surface area (Å²) in [6, 6.07) is 13.6. The monoisotopic (exact) mass is 478 g/mol. The van der Waals surface area contributed by atoms with Gasteiger partial charge in [0.05, 0.1) is 12.1 Å². The number of piperazine rings is 1. The number of thiazole rings is 1. The van der Waals surface area contributed by atoms with E-state index in [4.69, 9.17) is 0 Å². The quantitative estimate of drug-likeness (QED) is 0.500. The number of unbranched alkanes of at least 4 members (excludes halogenated alkanes) is 1. The topological polar surface area (TPSA) is 90.5 Å². The number of nitrogens with one attached hydrogen (secondary N) is 2. The van der Waals surface area contributed by atoms with Crippen molar-refractivity contribution in [3.8, 4) is 0 Å². The number of pyridine rings is 1. The second-order valence-electron chi connectivity index (χ2n) is 8.26. The van der Waals surface area contributed by atoms with Gasteiger partial charge in [-0.2, -0.15) is 0 Å². The molecule has 1 aliphatic rings. The van der Waals surface area contributed by atoms with Crippen LogP contribution in [-0.2, 0) is 17.6 Å². The number of hydrogen-bond acceptors (Lipinski definition) is 6. The van der Waals surface area contributed by atoms with Gasteiger partial charge in [-0.25, -0.2) is 14.8 Å². The molecule has 2 N–H and O–H groups in total. The minimum atomic E-state index is -0.172. The van der Waals surface area contributed by atoms with E-state index in [1.54, 1.807) is 11.1 Å². The summed E-state index contributed by atoms with van der Waals surface area (Å²) < 4.78 is 0. The maximum Gasteiger partial charge on any atom is 0.323 e. The molecule has 9 heteroatoms. The van der Waals surface area contributed by atoms with Gasteiger partial charge < -0.3 is 15.1 Å². The summed E-state index contributed by atoms with van der Waals surface area (Å²) in [5, 5.41) is 8.08. The molecule has 0 spiro atoms. The molecule has 3 amide bonds. The van der Waals surface area contributed by atoms with Crippen molar-refractivity contribution in [2.45, 2.75) is 32.6 Å². The summed E-state index contributed by atoms with van der Waals surface area (Å²) in [5.41, 5.74) is 2.69. The highest BCUT2D eigenvalue weighted by molar-refractivity contribution is 7.13. The van der Waals surface area contributed by atoms with Gasteiger partial charge in [-0.05, 0) is 42.7 Å². The maximum absolute atomic E-state index is 12.6. The Bertz CT molecular complexity index is 1080. The molecule has 1 aromatic carbocycles. The molecule has 1 fully saturated rings. The number of urea groups is 1. The predicted molar refractivity (Wildman–Crippen MR) is 137 cm³/mol. The van der Waals surface area contributed by atoms with Gasteiger partial charge in [-0.3, -0.25) is 10.1 Å². The molecule has 0 unspecified atom stereocenters. The molecule has 34 heavy (non-hydrogen) atoms. The van der Waals surface area contributed by atoms with E-state index in [0.29, 0.717) is 23.9 Å². The smallest absolute Gasteiger partial charge is 0.323 e. The Morgan fingerprint density at radius 2 is 1.82 bits per heavy atom. The molecule has 0 aliphatic carbocycles. The molecule has 0 radical (unpaired) electrons. The number of hydrogen-bond donors (Lipinski definition) is 2. The van der Waals surface area contributed by atoms with Gasteiger partial charge in [-0.15, -0.1) is 11.3 Å². The Labute approximate surface area is 204 Å². The van der Waals surface area contributed by atoms with Crippen molar-refractivity contribution in [1.29, 1.82) is 0 Å². The highest BCUT2D eigenvalue weighted by Gasteiger charge is 2.22. The van der Waals surface area contributed by atoms with Crippen molar-refractivity contribution >= 4 is 39.9 Å². The largest absolute Gasteiger partial charge is 0.353 e. The second kappa shape index (κ2) is 11.6. The number of nitrogens with zero attached hydrogens (tertiary/aromatic N) is 4. The van der Waals surface area contributed by atoms with Gasteiger partial charge >= 0.3 is 6.03 Å². The summed E-state index contributed by atoms with van der Waals surface area (Å²) >= 11 is 1.33. The van der Waals surface area contributed by atoms with Gasteiger partial charge in [0.15, 0.2) is 5.13 Å². The van der Waals surface area contributed by atoms with Crippen LogP contribution in [0.15, 0.2) is 54.0 Å². The number of benzene rings is 1. The minimum absolute atomic E-state index is 0.130. The Morgan fingerprint density at radius 3 is 2.53 bits per heavy atom.